The molecule has 1 aliphatic rings. The Morgan fingerprint density at radius 2 is 1.04 bits per heavy atom. The van der Waals surface area contributed by atoms with E-state index < -0.39 is 0 Å². The quantitative estimate of drug-likeness (QED) is 0.117. The molecule has 0 saturated heterocycles. The molecule has 0 aliphatic heterocycles. The zero-order valence-electron chi connectivity index (χ0n) is 29.1. The molecule has 252 valence electrons. The summed E-state index contributed by atoms with van der Waals surface area (Å²) in [6, 6.07) is 37.5. The van der Waals surface area contributed by atoms with Gasteiger partial charge in [0.25, 0.3) is 0 Å². The molecule has 48 heavy (non-hydrogen) atoms. The van der Waals surface area contributed by atoms with Crippen molar-refractivity contribution in [3.8, 4) is 0 Å². The fourth-order valence-electron chi connectivity index (χ4n) is 5.90. The Morgan fingerprint density at radius 3 is 1.35 bits per heavy atom. The van der Waals surface area contributed by atoms with Crippen LogP contribution in [0.3, 0.4) is 0 Å². The van der Waals surface area contributed by atoms with Crippen LogP contribution in [0.4, 0.5) is 11.4 Å². The predicted octanol–water partition coefficient (Wildman–Crippen LogP) is 11.9. The van der Waals surface area contributed by atoms with Gasteiger partial charge in [0, 0.05) is 37.6 Å². The van der Waals surface area contributed by atoms with E-state index in [9.17, 15) is 0 Å². The Labute approximate surface area is 317 Å². The van der Waals surface area contributed by atoms with Gasteiger partial charge < -0.3 is 9.80 Å². The fraction of sp³-hybridized carbons (Fsp3) is 0.302. The van der Waals surface area contributed by atoms with Crippen LogP contribution in [0, 0.1) is 6.08 Å². The molecule has 0 fully saturated rings. The van der Waals surface area contributed by atoms with Gasteiger partial charge in [-0.15, -0.1) is 71.0 Å². The van der Waals surface area contributed by atoms with Crippen LogP contribution in [0.2, 0.25) is 0 Å². The molecular weight excluding hydrogens is 707 g/mol. The summed E-state index contributed by atoms with van der Waals surface area (Å²) in [5.74, 6) is 0. The third kappa shape index (κ3) is 11.9. The number of allylic oxidation sites excluding steroid dienone is 4. The van der Waals surface area contributed by atoms with Gasteiger partial charge in [0.05, 0.1) is 0 Å². The number of hydrogen-bond acceptors (Lipinski definition) is 2. The first kappa shape index (κ1) is 41.3. The number of rotatable bonds is 12. The van der Waals surface area contributed by atoms with Crippen molar-refractivity contribution in [3.63, 3.8) is 0 Å². The zero-order valence-corrected chi connectivity index (χ0v) is 33.2. The summed E-state index contributed by atoms with van der Waals surface area (Å²) < 4.78 is 1.42. The molecule has 0 spiro atoms. The Balaban J connectivity index is 0.000000317. The van der Waals surface area contributed by atoms with Crippen molar-refractivity contribution in [2.75, 3.05) is 36.0 Å². The summed E-state index contributed by atoms with van der Waals surface area (Å²) in [7, 11) is 0. The van der Waals surface area contributed by atoms with E-state index in [1.807, 2.05) is 12.2 Å². The van der Waals surface area contributed by atoms with Crippen LogP contribution in [0.1, 0.15) is 70.9 Å². The number of fused-ring (bicyclic) bond motifs is 3. The normalized spacial score (nSPS) is 11.1. The standard InChI is InChI=1S/C25H35N2.C13H10.C5H5.2ClH.Zr/c1-5-13-26(14-6-2)22-11-9-20-17-21-10-12-23(19-25(21)24(20)18-22)27(15-7-3)16-8-4;1-3-7-12(8-4-1)11-13-9-5-2-6-10-13;1-2-4-5-3-1;;;/h9-12,17-19H,5-8,13-16H2,1-4H3;1-10H;1-3H,4H2;2*1H;/q-1;;-1;;;+2. The molecule has 0 radical (unpaired) electrons. The van der Waals surface area contributed by atoms with E-state index in [4.69, 9.17) is 0 Å². The average molecular weight is 759 g/mol. The molecule has 0 amide bonds. The molecule has 0 atom stereocenters. The van der Waals surface area contributed by atoms with Crippen LogP contribution < -0.4 is 9.80 Å². The van der Waals surface area contributed by atoms with Gasteiger partial charge in [0.2, 0.25) is 0 Å². The maximum absolute atomic E-state index is 2.99. The molecule has 6 rings (SSSR count). The number of anilines is 2. The fourth-order valence-corrected chi connectivity index (χ4v) is 6.72. The van der Waals surface area contributed by atoms with E-state index in [1.54, 1.807) is 0 Å². The Kier molecular flexibility index (Phi) is 19.6. The van der Waals surface area contributed by atoms with Crippen molar-refractivity contribution in [2.45, 2.75) is 59.8 Å². The minimum absolute atomic E-state index is 0. The van der Waals surface area contributed by atoms with Crippen LogP contribution in [0.25, 0.3) is 21.5 Å². The third-order valence-corrected chi connectivity index (χ3v) is 9.51. The molecule has 0 N–H and O–H groups in total. The number of halogens is 2. The summed E-state index contributed by atoms with van der Waals surface area (Å²) in [5.41, 5.74) is 5.39. The van der Waals surface area contributed by atoms with Crippen LogP contribution in [-0.2, 0) is 24.2 Å². The minimum atomic E-state index is 0. The monoisotopic (exact) mass is 756 g/mol. The van der Waals surface area contributed by atoms with E-state index in [1.165, 1.54) is 97.2 Å². The molecule has 0 aromatic heterocycles. The zero-order chi connectivity index (χ0) is 32.6. The van der Waals surface area contributed by atoms with Gasteiger partial charge in [0.1, 0.15) is 0 Å². The third-order valence-electron chi connectivity index (χ3n) is 8.09. The second-order valence-corrected chi connectivity index (χ2v) is 13.0. The molecule has 5 heteroatoms. The predicted molar refractivity (Wildman–Crippen MR) is 215 cm³/mol. The maximum atomic E-state index is 2.99. The first-order valence-electron chi connectivity index (χ1n) is 17.1. The summed E-state index contributed by atoms with van der Waals surface area (Å²) >= 11 is 1.46. The molecule has 0 bridgehead atoms. The molecule has 5 aromatic rings. The summed E-state index contributed by atoms with van der Waals surface area (Å²) in [5, 5.41) is 5.51. The Morgan fingerprint density at radius 1 is 0.625 bits per heavy atom. The molecule has 0 heterocycles. The molecule has 5 aromatic carbocycles. The van der Waals surface area contributed by atoms with Gasteiger partial charge >= 0.3 is 99.2 Å². The second-order valence-electron chi connectivity index (χ2n) is 11.8. The first-order valence-corrected chi connectivity index (χ1v) is 18.4. The second kappa shape index (κ2) is 22.7. The van der Waals surface area contributed by atoms with Crippen LogP contribution in [-0.4, -0.2) is 29.4 Å². The number of benzene rings is 4. The SMILES string of the molecule is CCCN(CCC)c1ccc2[cH-]c3ccc(N(CCC)CCC)cc3c2c1.Cl.Cl.[C-]1=CC=CC1.[Zr+2]=[C](c1ccccc1)c1ccccc1. The topological polar surface area (TPSA) is 6.48 Å². The molecule has 1 aliphatic carbocycles. The Bertz CT molecular complexity index is 1560. The van der Waals surface area contributed by atoms with E-state index in [2.05, 4.69) is 153 Å². The van der Waals surface area contributed by atoms with Crippen molar-refractivity contribution in [3.05, 3.63) is 139 Å². The number of hydrogen-bond donors (Lipinski definition) is 0. The van der Waals surface area contributed by atoms with E-state index in [0.29, 0.717) is 0 Å². The van der Waals surface area contributed by atoms with Crippen molar-refractivity contribution in [2.24, 2.45) is 0 Å². The average Bonchev–Trinajstić information content (AvgIpc) is 3.81. The van der Waals surface area contributed by atoms with Crippen molar-refractivity contribution >= 4 is 60.9 Å². The van der Waals surface area contributed by atoms with Crippen LogP contribution in [0.15, 0.2) is 121 Å². The van der Waals surface area contributed by atoms with Crippen molar-refractivity contribution in [1.29, 1.82) is 0 Å². The molecule has 0 saturated carbocycles. The summed E-state index contributed by atoms with van der Waals surface area (Å²) in [6.45, 7) is 13.6. The van der Waals surface area contributed by atoms with Gasteiger partial charge in [0.15, 0.2) is 0 Å². The van der Waals surface area contributed by atoms with E-state index in [0.717, 1.165) is 32.6 Å². The van der Waals surface area contributed by atoms with Crippen LogP contribution >= 0.6 is 24.8 Å². The van der Waals surface area contributed by atoms with Gasteiger partial charge in [-0.2, -0.15) is 6.08 Å². The van der Waals surface area contributed by atoms with Crippen molar-refractivity contribution in [1.82, 2.24) is 0 Å². The number of nitrogens with zero attached hydrogens (tertiary/aromatic N) is 2. The van der Waals surface area contributed by atoms with Gasteiger partial charge in [-0.25, -0.2) is 12.2 Å². The van der Waals surface area contributed by atoms with Crippen LogP contribution in [0.5, 0.6) is 0 Å². The first-order chi connectivity index (χ1) is 22.6. The van der Waals surface area contributed by atoms with E-state index in [-0.39, 0.29) is 24.8 Å². The van der Waals surface area contributed by atoms with E-state index >= 15 is 0 Å². The van der Waals surface area contributed by atoms with Crippen molar-refractivity contribution < 1.29 is 24.2 Å². The van der Waals surface area contributed by atoms with Gasteiger partial charge in [-0.3, -0.25) is 6.08 Å². The van der Waals surface area contributed by atoms with Gasteiger partial charge in [-0.1, -0.05) is 52.0 Å². The summed E-state index contributed by atoms with van der Waals surface area (Å²) in [6.07, 6.45) is 14.7. The molecule has 2 nitrogen and oxygen atoms in total. The molecule has 0 unspecified atom stereocenters. The molecular formula is C43H52Cl2N2Zr. The van der Waals surface area contributed by atoms with Gasteiger partial charge in [-0.05, 0) is 25.7 Å². The Hall–Kier alpha value is -2.84. The summed E-state index contributed by atoms with van der Waals surface area (Å²) in [4.78, 5) is 5.06.